The van der Waals surface area contributed by atoms with E-state index in [-0.39, 0.29) is 16.0 Å². The van der Waals surface area contributed by atoms with Crippen molar-refractivity contribution >= 4 is 21.6 Å². The maximum Gasteiger partial charge on any atom is 0.239 e. The van der Waals surface area contributed by atoms with Gasteiger partial charge in [-0.1, -0.05) is 11.6 Å². The van der Waals surface area contributed by atoms with Crippen molar-refractivity contribution in [1.82, 2.24) is 0 Å². The van der Waals surface area contributed by atoms with Crippen LogP contribution < -0.4 is 9.88 Å². The molecular weight excluding hydrogens is 238 g/mol. The molecule has 2 N–H and O–H groups in total. The molecule has 0 atom stereocenters. The van der Waals surface area contributed by atoms with Crippen LogP contribution in [0.1, 0.15) is 12.8 Å². The van der Waals surface area contributed by atoms with Crippen LogP contribution in [0.4, 0.5) is 0 Å². The predicted octanol–water partition coefficient (Wildman–Crippen LogP) is 1.53. The fraction of sp³-hybridized carbons (Fsp3) is 0.333. The summed E-state index contributed by atoms with van der Waals surface area (Å²) in [5, 5.41) is 5.12. The van der Waals surface area contributed by atoms with Gasteiger partial charge in [-0.25, -0.2) is 13.6 Å². The van der Waals surface area contributed by atoms with E-state index in [2.05, 4.69) is 0 Å². The zero-order chi connectivity index (χ0) is 11.1. The minimum Gasteiger partial charge on any atom is -0.490 e. The Morgan fingerprint density at radius 3 is 2.60 bits per heavy atom. The third-order valence-corrected chi connectivity index (χ3v) is 3.43. The molecular formula is C9H10ClNO3S. The summed E-state index contributed by atoms with van der Waals surface area (Å²) in [5.74, 6) is 0.492. The molecule has 82 valence electrons. The average molecular weight is 248 g/mol. The Morgan fingerprint density at radius 1 is 1.40 bits per heavy atom. The van der Waals surface area contributed by atoms with Gasteiger partial charge in [-0.05, 0) is 25.0 Å². The van der Waals surface area contributed by atoms with E-state index in [1.807, 2.05) is 0 Å². The summed E-state index contributed by atoms with van der Waals surface area (Å²) in [6.45, 7) is 0. The largest absolute Gasteiger partial charge is 0.490 e. The molecule has 4 nitrogen and oxygen atoms in total. The number of ether oxygens (including phenoxy) is 1. The molecule has 0 aliphatic heterocycles. The van der Waals surface area contributed by atoms with Crippen molar-refractivity contribution in [2.24, 2.45) is 5.14 Å². The first-order valence-corrected chi connectivity index (χ1v) is 6.38. The van der Waals surface area contributed by atoms with E-state index in [1.165, 1.54) is 12.1 Å². The second-order valence-electron chi connectivity index (χ2n) is 3.45. The van der Waals surface area contributed by atoms with Gasteiger partial charge < -0.3 is 4.74 Å². The van der Waals surface area contributed by atoms with Crippen LogP contribution >= 0.6 is 11.6 Å². The first-order chi connectivity index (χ1) is 6.97. The molecule has 0 spiro atoms. The van der Waals surface area contributed by atoms with Crippen LogP contribution in [-0.4, -0.2) is 14.5 Å². The average Bonchev–Trinajstić information content (AvgIpc) is 2.90. The van der Waals surface area contributed by atoms with Crippen molar-refractivity contribution in [2.45, 2.75) is 23.8 Å². The zero-order valence-electron chi connectivity index (χ0n) is 7.81. The number of nitrogens with two attached hydrogens (primary N) is 1. The van der Waals surface area contributed by atoms with E-state index >= 15 is 0 Å². The van der Waals surface area contributed by atoms with Crippen molar-refractivity contribution in [1.29, 1.82) is 0 Å². The highest BCUT2D eigenvalue weighted by Gasteiger charge is 2.24. The van der Waals surface area contributed by atoms with E-state index in [4.69, 9.17) is 21.5 Å². The lowest BCUT2D eigenvalue weighted by molar-refractivity contribution is 0.302. The third-order valence-electron chi connectivity index (χ3n) is 2.04. The van der Waals surface area contributed by atoms with Gasteiger partial charge in [0, 0.05) is 6.07 Å². The van der Waals surface area contributed by atoms with Crippen molar-refractivity contribution in [2.75, 3.05) is 0 Å². The van der Waals surface area contributed by atoms with Gasteiger partial charge in [0.25, 0.3) is 0 Å². The fourth-order valence-corrected chi connectivity index (χ4v) is 2.21. The highest BCUT2D eigenvalue weighted by Crippen LogP contribution is 2.30. The quantitative estimate of drug-likeness (QED) is 0.881. The van der Waals surface area contributed by atoms with Crippen LogP contribution in [0.25, 0.3) is 0 Å². The molecule has 1 aromatic carbocycles. The van der Waals surface area contributed by atoms with Crippen molar-refractivity contribution < 1.29 is 13.2 Å². The fourth-order valence-electron chi connectivity index (χ4n) is 1.15. The van der Waals surface area contributed by atoms with Crippen LogP contribution in [0.5, 0.6) is 5.75 Å². The van der Waals surface area contributed by atoms with Gasteiger partial charge in [0.1, 0.15) is 10.6 Å². The van der Waals surface area contributed by atoms with Crippen LogP contribution in [0.2, 0.25) is 5.02 Å². The summed E-state index contributed by atoms with van der Waals surface area (Å²) < 4.78 is 27.7. The molecule has 0 saturated heterocycles. The third kappa shape index (κ3) is 2.62. The summed E-state index contributed by atoms with van der Waals surface area (Å²) in [5.41, 5.74) is 0. The lowest BCUT2D eigenvalue weighted by Gasteiger charge is -2.07. The van der Waals surface area contributed by atoms with E-state index in [9.17, 15) is 8.42 Å². The highest BCUT2D eigenvalue weighted by atomic mass is 35.5. The van der Waals surface area contributed by atoms with Crippen LogP contribution in [0.15, 0.2) is 23.1 Å². The van der Waals surface area contributed by atoms with Gasteiger partial charge in [0.15, 0.2) is 0 Å². The molecule has 0 radical (unpaired) electrons. The van der Waals surface area contributed by atoms with Crippen molar-refractivity contribution in [3.05, 3.63) is 23.2 Å². The Kier molecular flexibility index (Phi) is 2.62. The molecule has 1 saturated carbocycles. The second-order valence-corrected chi connectivity index (χ2v) is 5.39. The number of primary sulfonamides is 1. The molecule has 1 fully saturated rings. The Labute approximate surface area is 93.0 Å². The first-order valence-electron chi connectivity index (χ1n) is 4.46. The van der Waals surface area contributed by atoms with E-state index in [0.29, 0.717) is 5.75 Å². The van der Waals surface area contributed by atoms with Crippen molar-refractivity contribution in [3.8, 4) is 5.75 Å². The summed E-state index contributed by atoms with van der Waals surface area (Å²) >= 11 is 5.72. The lowest BCUT2D eigenvalue weighted by Crippen LogP contribution is -2.13. The Bertz CT molecular complexity index is 482. The van der Waals surface area contributed by atoms with Gasteiger partial charge in [-0.15, -0.1) is 0 Å². The number of sulfonamides is 1. The van der Waals surface area contributed by atoms with Gasteiger partial charge in [0.2, 0.25) is 10.0 Å². The van der Waals surface area contributed by atoms with E-state index < -0.39 is 10.0 Å². The number of hydrogen-bond donors (Lipinski definition) is 1. The van der Waals surface area contributed by atoms with Gasteiger partial charge in [0.05, 0.1) is 11.1 Å². The number of halogens is 1. The molecule has 6 heteroatoms. The summed E-state index contributed by atoms with van der Waals surface area (Å²) in [6.07, 6.45) is 2.22. The highest BCUT2D eigenvalue weighted by molar-refractivity contribution is 7.89. The molecule has 2 rings (SSSR count). The number of rotatable bonds is 3. The van der Waals surface area contributed by atoms with Gasteiger partial charge in [-0.2, -0.15) is 0 Å². The van der Waals surface area contributed by atoms with Gasteiger partial charge >= 0.3 is 0 Å². The predicted molar refractivity (Wildman–Crippen MR) is 56.5 cm³/mol. The summed E-state index contributed by atoms with van der Waals surface area (Å²) in [4.78, 5) is -0.0951. The normalized spacial score (nSPS) is 16.4. The molecule has 0 bridgehead atoms. The minimum atomic E-state index is -3.78. The smallest absolute Gasteiger partial charge is 0.239 e. The van der Waals surface area contributed by atoms with E-state index in [1.54, 1.807) is 6.07 Å². The zero-order valence-corrected chi connectivity index (χ0v) is 9.38. The Hall–Kier alpha value is -0.780. The molecule has 1 aliphatic carbocycles. The summed E-state index contributed by atoms with van der Waals surface area (Å²) in [6, 6.07) is 4.46. The van der Waals surface area contributed by atoms with Crippen molar-refractivity contribution in [3.63, 3.8) is 0 Å². The number of hydrogen-bond acceptors (Lipinski definition) is 3. The SMILES string of the molecule is NS(=O)(=O)c1cc(OC2CC2)ccc1Cl. The van der Waals surface area contributed by atoms with Gasteiger partial charge in [-0.3, -0.25) is 0 Å². The summed E-state index contributed by atoms with van der Waals surface area (Å²) in [7, 11) is -3.78. The topological polar surface area (TPSA) is 69.4 Å². The molecule has 1 aromatic rings. The van der Waals surface area contributed by atoms with E-state index in [0.717, 1.165) is 12.8 Å². The monoisotopic (exact) mass is 247 g/mol. The van der Waals surface area contributed by atoms with Crippen LogP contribution in [0.3, 0.4) is 0 Å². The Balaban J connectivity index is 2.35. The molecule has 0 heterocycles. The lowest BCUT2D eigenvalue weighted by atomic mass is 10.3. The van der Waals surface area contributed by atoms with Crippen LogP contribution in [0, 0.1) is 0 Å². The standard InChI is InChI=1S/C9H10ClNO3S/c10-8-4-3-7(14-6-1-2-6)5-9(8)15(11,12)13/h3-6H,1-2H2,(H2,11,12,13). The molecule has 0 unspecified atom stereocenters. The van der Waals surface area contributed by atoms with Crippen LogP contribution in [-0.2, 0) is 10.0 Å². The molecule has 0 amide bonds. The second kappa shape index (κ2) is 3.66. The minimum absolute atomic E-state index is 0.0951. The number of benzene rings is 1. The maximum absolute atomic E-state index is 11.1. The maximum atomic E-state index is 11.1. The molecule has 15 heavy (non-hydrogen) atoms. The first kappa shape index (κ1) is 10.7. The molecule has 1 aliphatic rings. The molecule has 0 aromatic heterocycles. The Morgan fingerprint density at radius 2 is 2.07 bits per heavy atom.